The zero-order valence-corrected chi connectivity index (χ0v) is 19.0. The summed E-state index contributed by atoms with van der Waals surface area (Å²) in [6.45, 7) is 13.0. The molecule has 0 bridgehead atoms. The van der Waals surface area contributed by atoms with Crippen molar-refractivity contribution >= 4 is 17.7 Å². The van der Waals surface area contributed by atoms with Crippen molar-refractivity contribution < 1.29 is 0 Å². The van der Waals surface area contributed by atoms with E-state index in [1.807, 2.05) is 7.05 Å². The number of thioether (sulfide) groups is 1. The van der Waals surface area contributed by atoms with Gasteiger partial charge in [0.15, 0.2) is 5.96 Å². The summed E-state index contributed by atoms with van der Waals surface area (Å²) in [4.78, 5) is 9.86. The van der Waals surface area contributed by atoms with Crippen LogP contribution < -0.4 is 10.6 Å². The molecule has 28 heavy (non-hydrogen) atoms. The molecular weight excluding hydrogens is 366 g/mol. The number of likely N-dealkylation sites (tertiary alicyclic amines) is 1. The zero-order valence-electron chi connectivity index (χ0n) is 18.1. The van der Waals surface area contributed by atoms with Gasteiger partial charge < -0.3 is 10.6 Å². The average molecular weight is 408 g/mol. The Morgan fingerprint density at radius 2 is 1.79 bits per heavy atom. The molecule has 2 saturated heterocycles. The van der Waals surface area contributed by atoms with E-state index in [0.29, 0.717) is 11.6 Å². The molecular formula is C22H41N5S. The first-order chi connectivity index (χ1) is 13.6. The van der Waals surface area contributed by atoms with E-state index in [1.54, 1.807) is 0 Å². The summed E-state index contributed by atoms with van der Waals surface area (Å²) in [5, 5.41) is 7.44. The molecule has 0 unspecified atom stereocenters. The van der Waals surface area contributed by atoms with E-state index in [-0.39, 0.29) is 0 Å². The fraction of sp³-hybridized carbons (Fsp3) is 0.864. The maximum atomic E-state index is 4.55. The Morgan fingerprint density at radius 3 is 2.39 bits per heavy atom. The van der Waals surface area contributed by atoms with Crippen LogP contribution in [0.3, 0.4) is 0 Å². The van der Waals surface area contributed by atoms with Crippen molar-refractivity contribution in [3.8, 4) is 0 Å². The van der Waals surface area contributed by atoms with E-state index in [9.17, 15) is 0 Å². The van der Waals surface area contributed by atoms with Crippen LogP contribution in [-0.2, 0) is 0 Å². The maximum absolute atomic E-state index is 4.55. The molecule has 160 valence electrons. The molecule has 0 radical (unpaired) electrons. The van der Waals surface area contributed by atoms with Crippen LogP contribution in [0.25, 0.3) is 0 Å². The van der Waals surface area contributed by atoms with Crippen LogP contribution in [-0.4, -0.2) is 85.2 Å². The summed E-state index contributed by atoms with van der Waals surface area (Å²) < 4.78 is 0. The summed E-state index contributed by atoms with van der Waals surface area (Å²) >= 11 is 2.11. The molecule has 0 aromatic heterocycles. The smallest absolute Gasteiger partial charge is 0.191 e. The van der Waals surface area contributed by atoms with Gasteiger partial charge in [-0.2, -0.15) is 11.8 Å². The van der Waals surface area contributed by atoms with Crippen LogP contribution in [0, 0.1) is 0 Å². The second kappa shape index (κ2) is 10.9. The predicted molar refractivity (Wildman–Crippen MR) is 123 cm³/mol. The van der Waals surface area contributed by atoms with Gasteiger partial charge in [-0.05, 0) is 32.6 Å². The lowest BCUT2D eigenvalue weighted by Crippen LogP contribution is -2.60. The molecule has 0 amide bonds. The molecule has 2 N–H and O–H groups in total. The molecule has 0 atom stereocenters. The van der Waals surface area contributed by atoms with E-state index >= 15 is 0 Å². The lowest BCUT2D eigenvalue weighted by Gasteiger charge is -2.48. The largest absolute Gasteiger partial charge is 0.355 e. The standard InChI is InChI=1S/C22H41N5S/c1-19(2)17-26-11-7-20(8-12-26)25-21(23-3)24-18-22(9-5-4-6-10-22)27-13-15-28-16-14-27/h20H,1,4-18H2,2-3H3,(H2,23,24,25). The number of guanidine groups is 1. The minimum absolute atomic E-state index is 0.335. The molecule has 0 spiro atoms. The lowest BCUT2D eigenvalue weighted by atomic mass is 9.80. The fourth-order valence-corrected chi connectivity index (χ4v) is 6.01. The van der Waals surface area contributed by atoms with E-state index < -0.39 is 0 Å². The first-order valence-corrected chi connectivity index (χ1v) is 12.4. The van der Waals surface area contributed by atoms with Gasteiger partial charge in [0.1, 0.15) is 0 Å². The summed E-state index contributed by atoms with van der Waals surface area (Å²) in [6.07, 6.45) is 9.18. The Balaban J connectivity index is 1.50. The van der Waals surface area contributed by atoms with Gasteiger partial charge in [0.25, 0.3) is 0 Å². The van der Waals surface area contributed by atoms with E-state index in [0.717, 1.165) is 32.1 Å². The highest BCUT2D eigenvalue weighted by Gasteiger charge is 2.38. The quantitative estimate of drug-likeness (QED) is 0.403. The Labute approximate surface area is 176 Å². The van der Waals surface area contributed by atoms with Crippen LogP contribution in [0.1, 0.15) is 51.9 Å². The van der Waals surface area contributed by atoms with Crippen molar-refractivity contribution in [3.63, 3.8) is 0 Å². The highest BCUT2D eigenvalue weighted by atomic mass is 32.2. The van der Waals surface area contributed by atoms with Crippen molar-refractivity contribution in [2.75, 3.05) is 57.8 Å². The average Bonchev–Trinajstić information content (AvgIpc) is 2.73. The van der Waals surface area contributed by atoms with Gasteiger partial charge in [-0.1, -0.05) is 31.4 Å². The summed E-state index contributed by atoms with van der Waals surface area (Å²) in [6, 6.07) is 0.529. The maximum Gasteiger partial charge on any atom is 0.191 e. The lowest BCUT2D eigenvalue weighted by molar-refractivity contribution is 0.0625. The second-order valence-corrected chi connectivity index (χ2v) is 10.2. The third kappa shape index (κ3) is 6.14. The van der Waals surface area contributed by atoms with Crippen molar-refractivity contribution in [1.29, 1.82) is 0 Å². The van der Waals surface area contributed by atoms with Crippen molar-refractivity contribution in [2.45, 2.75) is 63.5 Å². The first kappa shape index (κ1) is 22.0. The molecule has 3 fully saturated rings. The Morgan fingerprint density at radius 1 is 1.11 bits per heavy atom. The van der Waals surface area contributed by atoms with Gasteiger partial charge in [-0.25, -0.2) is 0 Å². The molecule has 3 rings (SSSR count). The van der Waals surface area contributed by atoms with Gasteiger partial charge in [-0.15, -0.1) is 0 Å². The number of rotatable bonds is 6. The molecule has 1 saturated carbocycles. The van der Waals surface area contributed by atoms with Gasteiger partial charge in [0.05, 0.1) is 0 Å². The van der Waals surface area contributed by atoms with Gasteiger partial charge in [-0.3, -0.25) is 14.8 Å². The Kier molecular flexibility index (Phi) is 8.54. The fourth-order valence-electron chi connectivity index (χ4n) is 5.11. The first-order valence-electron chi connectivity index (χ1n) is 11.3. The molecule has 0 aromatic carbocycles. The van der Waals surface area contributed by atoms with Crippen LogP contribution in [0.5, 0.6) is 0 Å². The summed E-state index contributed by atoms with van der Waals surface area (Å²) in [7, 11) is 1.91. The number of piperidine rings is 1. The molecule has 5 nitrogen and oxygen atoms in total. The number of hydrogen-bond donors (Lipinski definition) is 2. The number of hydrogen-bond acceptors (Lipinski definition) is 4. The predicted octanol–water partition coefficient (Wildman–Crippen LogP) is 2.94. The third-order valence-corrected chi connectivity index (χ3v) is 7.64. The molecule has 2 aliphatic heterocycles. The van der Waals surface area contributed by atoms with Crippen LogP contribution in [0.2, 0.25) is 0 Å². The minimum Gasteiger partial charge on any atom is -0.355 e. The number of nitrogens with zero attached hydrogens (tertiary/aromatic N) is 3. The van der Waals surface area contributed by atoms with Crippen LogP contribution in [0.15, 0.2) is 17.1 Å². The molecule has 3 aliphatic rings. The van der Waals surface area contributed by atoms with Gasteiger partial charge in [0, 0.05) is 69.4 Å². The highest BCUT2D eigenvalue weighted by Crippen LogP contribution is 2.34. The monoisotopic (exact) mass is 407 g/mol. The third-order valence-electron chi connectivity index (χ3n) is 6.70. The summed E-state index contributed by atoms with van der Waals surface area (Å²) in [5.41, 5.74) is 1.60. The molecule has 6 heteroatoms. The van der Waals surface area contributed by atoms with Gasteiger partial charge >= 0.3 is 0 Å². The SMILES string of the molecule is C=C(C)CN1CCC(NC(=NC)NCC2(N3CCSCC3)CCCCC2)CC1. The van der Waals surface area contributed by atoms with E-state index in [2.05, 4.69) is 50.7 Å². The normalized spacial score (nSPS) is 25.4. The Hall–Kier alpha value is -0.720. The molecule has 2 heterocycles. The van der Waals surface area contributed by atoms with Crippen LogP contribution in [0.4, 0.5) is 0 Å². The molecule has 0 aromatic rings. The van der Waals surface area contributed by atoms with Crippen molar-refractivity contribution in [2.24, 2.45) is 4.99 Å². The zero-order chi connectivity index (χ0) is 19.8. The topological polar surface area (TPSA) is 42.9 Å². The van der Waals surface area contributed by atoms with Crippen molar-refractivity contribution in [1.82, 2.24) is 20.4 Å². The minimum atomic E-state index is 0.335. The summed E-state index contributed by atoms with van der Waals surface area (Å²) in [5.74, 6) is 3.57. The van der Waals surface area contributed by atoms with Crippen molar-refractivity contribution in [3.05, 3.63) is 12.2 Å². The number of nitrogens with one attached hydrogen (secondary N) is 2. The number of aliphatic imine (C=N–C) groups is 1. The molecule has 1 aliphatic carbocycles. The van der Waals surface area contributed by atoms with Crippen LogP contribution >= 0.6 is 11.8 Å². The van der Waals surface area contributed by atoms with E-state index in [1.165, 1.54) is 75.1 Å². The van der Waals surface area contributed by atoms with Gasteiger partial charge in [0.2, 0.25) is 0 Å². The van der Waals surface area contributed by atoms with E-state index in [4.69, 9.17) is 0 Å². The highest BCUT2D eigenvalue weighted by molar-refractivity contribution is 7.99. The Bertz CT molecular complexity index is 515. The second-order valence-electron chi connectivity index (χ2n) is 8.96.